The predicted octanol–water partition coefficient (Wildman–Crippen LogP) is 4.11. The maximum absolute atomic E-state index is 11.1. The number of carboxylic acids is 1. The Morgan fingerprint density at radius 3 is 2.55 bits per heavy atom. The summed E-state index contributed by atoms with van der Waals surface area (Å²) in [5, 5.41) is 20.4. The average molecular weight is 341 g/mol. The molecule has 114 valence electrons. The molecule has 0 fully saturated rings. The van der Waals surface area contributed by atoms with Gasteiger partial charge in [-0.1, -0.05) is 29.8 Å². The summed E-state index contributed by atoms with van der Waals surface area (Å²) in [6.45, 7) is 0.168. The third-order valence-corrected chi connectivity index (χ3v) is 3.59. The quantitative estimate of drug-likeness (QED) is 0.503. The van der Waals surface area contributed by atoms with Crippen molar-refractivity contribution in [2.45, 2.75) is 6.54 Å². The molecule has 0 atom stereocenters. The number of halogens is 2. The van der Waals surface area contributed by atoms with Gasteiger partial charge < -0.3 is 5.11 Å². The Kier molecular flexibility index (Phi) is 4.85. The number of benzene rings is 2. The fourth-order valence-corrected chi connectivity index (χ4v) is 2.25. The molecule has 0 unspecified atom stereocenters. The largest absolute Gasteiger partial charge is 0.478 e. The van der Waals surface area contributed by atoms with Gasteiger partial charge in [0.1, 0.15) is 0 Å². The van der Waals surface area contributed by atoms with Crippen molar-refractivity contribution in [1.29, 1.82) is 0 Å². The molecule has 22 heavy (non-hydrogen) atoms. The second-order valence-electron chi connectivity index (χ2n) is 4.41. The van der Waals surface area contributed by atoms with Crippen LogP contribution < -0.4 is 4.42 Å². The number of anilines is 1. The standard InChI is InChI=1S/C14H10Cl2N2O4/c15-13-4-2-1-3-9(13)8-17(16)11-5-10(14(19)20)6-12(7-11)18(21)22/h1-7H,8H2,(H,19,20). The van der Waals surface area contributed by atoms with Gasteiger partial charge in [0.25, 0.3) is 5.69 Å². The molecule has 0 bridgehead atoms. The lowest BCUT2D eigenvalue weighted by Crippen LogP contribution is -2.11. The molecule has 0 saturated carbocycles. The minimum atomic E-state index is -1.27. The first-order chi connectivity index (χ1) is 10.4. The van der Waals surface area contributed by atoms with Crippen LogP contribution in [0.25, 0.3) is 0 Å². The SMILES string of the molecule is O=C(O)c1cc(N(Cl)Cc2ccccc2Cl)cc([N+](=O)[O-])c1. The molecule has 6 nitrogen and oxygen atoms in total. The lowest BCUT2D eigenvalue weighted by atomic mass is 10.1. The van der Waals surface area contributed by atoms with Crippen molar-refractivity contribution < 1.29 is 14.8 Å². The maximum Gasteiger partial charge on any atom is 0.336 e. The molecule has 0 aromatic heterocycles. The molecule has 0 heterocycles. The number of nitrogens with zero attached hydrogens (tertiary/aromatic N) is 2. The summed E-state index contributed by atoms with van der Waals surface area (Å²) in [6.07, 6.45) is 0. The van der Waals surface area contributed by atoms with E-state index in [0.717, 1.165) is 6.07 Å². The molecular formula is C14H10Cl2N2O4. The van der Waals surface area contributed by atoms with Crippen LogP contribution in [0.1, 0.15) is 15.9 Å². The molecule has 0 spiro atoms. The molecule has 0 aliphatic carbocycles. The number of aromatic carboxylic acids is 1. The second kappa shape index (κ2) is 6.64. The highest BCUT2D eigenvalue weighted by atomic mass is 35.5. The normalized spacial score (nSPS) is 10.3. The molecule has 0 saturated heterocycles. The van der Waals surface area contributed by atoms with E-state index in [1.807, 2.05) is 0 Å². The molecule has 2 aromatic rings. The number of carboxylic acid groups (broad SMARTS) is 1. The summed E-state index contributed by atoms with van der Waals surface area (Å²) in [5.41, 5.74) is 0.351. The fraction of sp³-hybridized carbons (Fsp3) is 0.0714. The Morgan fingerprint density at radius 1 is 1.27 bits per heavy atom. The zero-order chi connectivity index (χ0) is 16.3. The first-order valence-electron chi connectivity index (χ1n) is 6.08. The molecule has 1 N–H and O–H groups in total. The summed E-state index contributed by atoms with van der Waals surface area (Å²) in [5.74, 6) is -1.27. The monoisotopic (exact) mass is 340 g/mol. The van der Waals surface area contributed by atoms with E-state index in [1.54, 1.807) is 24.3 Å². The molecule has 0 aliphatic rings. The van der Waals surface area contributed by atoms with E-state index in [2.05, 4.69) is 0 Å². The van der Waals surface area contributed by atoms with Crippen molar-refractivity contribution in [2.24, 2.45) is 0 Å². The maximum atomic E-state index is 11.1. The Labute approximate surface area is 135 Å². The molecule has 0 amide bonds. The van der Waals surface area contributed by atoms with Gasteiger partial charge in [0.05, 0.1) is 22.7 Å². The summed E-state index contributed by atoms with van der Waals surface area (Å²) in [4.78, 5) is 21.3. The Hall–Kier alpha value is -2.31. The smallest absolute Gasteiger partial charge is 0.336 e. The van der Waals surface area contributed by atoms with Crippen LogP contribution >= 0.6 is 23.4 Å². The van der Waals surface area contributed by atoms with Crippen molar-refractivity contribution in [3.8, 4) is 0 Å². The van der Waals surface area contributed by atoms with Gasteiger partial charge in [-0.2, -0.15) is 0 Å². The van der Waals surface area contributed by atoms with Crippen LogP contribution in [0.15, 0.2) is 42.5 Å². The van der Waals surface area contributed by atoms with E-state index >= 15 is 0 Å². The van der Waals surface area contributed by atoms with Gasteiger partial charge in [-0.05, 0) is 17.7 Å². The highest BCUT2D eigenvalue weighted by Crippen LogP contribution is 2.28. The van der Waals surface area contributed by atoms with Gasteiger partial charge in [0.15, 0.2) is 0 Å². The van der Waals surface area contributed by atoms with Crippen LogP contribution in [-0.2, 0) is 6.54 Å². The minimum absolute atomic E-state index is 0.168. The lowest BCUT2D eigenvalue weighted by Gasteiger charge is -2.17. The number of rotatable bonds is 5. The third-order valence-electron chi connectivity index (χ3n) is 2.91. The highest BCUT2D eigenvalue weighted by molar-refractivity contribution is 6.31. The van der Waals surface area contributed by atoms with Gasteiger partial charge in [0.2, 0.25) is 0 Å². The Morgan fingerprint density at radius 2 is 1.95 bits per heavy atom. The number of hydrogen-bond acceptors (Lipinski definition) is 4. The van der Waals surface area contributed by atoms with Crippen molar-refractivity contribution >= 4 is 40.7 Å². The van der Waals surface area contributed by atoms with Crippen LogP contribution in [0, 0.1) is 10.1 Å². The van der Waals surface area contributed by atoms with Crippen LogP contribution in [0.5, 0.6) is 0 Å². The summed E-state index contributed by atoms with van der Waals surface area (Å²) >= 11 is 12.2. The van der Waals surface area contributed by atoms with E-state index in [0.29, 0.717) is 10.6 Å². The van der Waals surface area contributed by atoms with E-state index in [9.17, 15) is 14.9 Å². The van der Waals surface area contributed by atoms with Gasteiger partial charge in [-0.15, -0.1) is 0 Å². The molecule has 2 aromatic carbocycles. The number of nitro groups is 1. The molecule has 8 heteroatoms. The van der Waals surface area contributed by atoms with Gasteiger partial charge in [0, 0.05) is 28.9 Å². The third kappa shape index (κ3) is 3.66. The summed E-state index contributed by atoms with van der Waals surface area (Å²) in [6, 6.07) is 10.4. The van der Waals surface area contributed by atoms with Crippen LogP contribution in [-0.4, -0.2) is 16.0 Å². The van der Waals surface area contributed by atoms with Crippen LogP contribution in [0.4, 0.5) is 11.4 Å². The Balaban J connectivity index is 2.36. The van der Waals surface area contributed by atoms with E-state index in [1.165, 1.54) is 16.6 Å². The Bertz CT molecular complexity index is 704. The number of hydrogen-bond donors (Lipinski definition) is 1. The zero-order valence-electron chi connectivity index (χ0n) is 11.1. The minimum Gasteiger partial charge on any atom is -0.478 e. The van der Waals surface area contributed by atoms with Crippen LogP contribution in [0.2, 0.25) is 5.02 Å². The molecular weight excluding hydrogens is 331 g/mol. The molecule has 0 radical (unpaired) electrons. The van der Waals surface area contributed by atoms with Gasteiger partial charge >= 0.3 is 5.97 Å². The van der Waals surface area contributed by atoms with Crippen molar-refractivity contribution in [2.75, 3.05) is 4.42 Å². The van der Waals surface area contributed by atoms with Gasteiger partial charge in [-0.25, -0.2) is 4.79 Å². The zero-order valence-corrected chi connectivity index (χ0v) is 12.6. The van der Waals surface area contributed by atoms with Crippen LogP contribution in [0.3, 0.4) is 0 Å². The average Bonchev–Trinajstić information content (AvgIpc) is 2.49. The number of non-ortho nitro benzene ring substituents is 1. The summed E-state index contributed by atoms with van der Waals surface area (Å²) in [7, 11) is 0. The van der Waals surface area contributed by atoms with E-state index < -0.39 is 10.9 Å². The number of carbonyl (C=O) groups is 1. The first-order valence-corrected chi connectivity index (χ1v) is 6.79. The topological polar surface area (TPSA) is 83.7 Å². The van der Waals surface area contributed by atoms with Crippen molar-refractivity contribution in [1.82, 2.24) is 0 Å². The lowest BCUT2D eigenvalue weighted by molar-refractivity contribution is -0.384. The molecule has 0 aliphatic heterocycles. The van der Waals surface area contributed by atoms with Crippen molar-refractivity contribution in [3.05, 3.63) is 68.7 Å². The number of nitro benzene ring substituents is 1. The van der Waals surface area contributed by atoms with E-state index in [4.69, 9.17) is 28.5 Å². The van der Waals surface area contributed by atoms with Crippen molar-refractivity contribution in [3.63, 3.8) is 0 Å². The summed E-state index contributed by atoms with van der Waals surface area (Å²) < 4.78 is 1.18. The van der Waals surface area contributed by atoms with E-state index in [-0.39, 0.29) is 23.5 Å². The predicted molar refractivity (Wildman–Crippen MR) is 83.5 cm³/mol. The van der Waals surface area contributed by atoms with Gasteiger partial charge in [-0.3, -0.25) is 14.5 Å². The second-order valence-corrected chi connectivity index (χ2v) is 5.23. The molecule has 2 rings (SSSR count). The fourth-order valence-electron chi connectivity index (χ4n) is 1.83. The highest BCUT2D eigenvalue weighted by Gasteiger charge is 2.17. The first kappa shape index (κ1) is 16.1.